The maximum absolute atomic E-state index is 5.16. The number of rotatable bonds is 0. The van der Waals surface area contributed by atoms with Crippen LogP contribution in [0.4, 0.5) is 0 Å². The summed E-state index contributed by atoms with van der Waals surface area (Å²) in [5.41, 5.74) is 3.15. The first-order valence-electron chi connectivity index (χ1n) is 4.46. The summed E-state index contributed by atoms with van der Waals surface area (Å²) in [6.45, 7) is 1.88. The largest absolute Gasteiger partial charge is 0.253 e. The van der Waals surface area contributed by atoms with E-state index in [9.17, 15) is 0 Å². The fourth-order valence-electron chi connectivity index (χ4n) is 1.58. The summed E-state index contributed by atoms with van der Waals surface area (Å²) in [7, 11) is 0. The molecule has 0 aromatic carbocycles. The zero-order chi connectivity index (χ0) is 10.4. The van der Waals surface area contributed by atoms with Gasteiger partial charge in [0, 0.05) is 6.20 Å². The van der Waals surface area contributed by atoms with Gasteiger partial charge < -0.3 is 0 Å². The third-order valence-corrected chi connectivity index (χ3v) is 2.54. The van der Waals surface area contributed by atoms with Crippen molar-refractivity contribution in [3.8, 4) is 0 Å². The molecule has 3 aromatic heterocycles. The van der Waals surface area contributed by atoms with E-state index in [1.165, 1.54) is 0 Å². The van der Waals surface area contributed by atoms with Crippen molar-refractivity contribution in [2.45, 2.75) is 6.92 Å². The monoisotopic (exact) mass is 217 g/mol. The van der Waals surface area contributed by atoms with Gasteiger partial charge in [-0.05, 0) is 31.3 Å². The summed E-state index contributed by atoms with van der Waals surface area (Å²) in [5.74, 6) is 0. The zero-order valence-corrected chi connectivity index (χ0v) is 8.75. The molecular formula is C9H7N5S. The summed E-state index contributed by atoms with van der Waals surface area (Å²) >= 11 is 5.16. The molecule has 74 valence electrons. The van der Waals surface area contributed by atoms with Crippen molar-refractivity contribution in [3.05, 3.63) is 28.8 Å². The van der Waals surface area contributed by atoms with Crippen molar-refractivity contribution in [2.24, 2.45) is 0 Å². The van der Waals surface area contributed by atoms with Crippen LogP contribution in [-0.4, -0.2) is 24.6 Å². The number of aromatic nitrogens is 5. The number of aromatic amines is 1. The van der Waals surface area contributed by atoms with Gasteiger partial charge in [-0.15, -0.1) is 0 Å². The third-order valence-electron chi connectivity index (χ3n) is 2.26. The Bertz CT molecular complexity index is 711. The number of aryl methyl sites for hydroxylation is 1. The van der Waals surface area contributed by atoms with E-state index < -0.39 is 0 Å². The molecular weight excluding hydrogens is 210 g/mol. The van der Waals surface area contributed by atoms with Crippen LogP contribution < -0.4 is 0 Å². The molecule has 0 saturated heterocycles. The van der Waals surface area contributed by atoms with E-state index in [0.717, 1.165) is 22.5 Å². The number of fused-ring (bicyclic) bond motifs is 3. The Hall–Kier alpha value is -1.82. The van der Waals surface area contributed by atoms with Crippen LogP contribution in [0.15, 0.2) is 18.3 Å². The Kier molecular flexibility index (Phi) is 1.60. The van der Waals surface area contributed by atoms with Crippen molar-refractivity contribution in [1.29, 1.82) is 0 Å². The highest BCUT2D eigenvalue weighted by Crippen LogP contribution is 2.14. The average molecular weight is 217 g/mol. The molecule has 6 heteroatoms. The van der Waals surface area contributed by atoms with Crippen molar-refractivity contribution in [3.63, 3.8) is 0 Å². The number of nitrogens with zero attached hydrogens (tertiary/aromatic N) is 4. The smallest absolute Gasteiger partial charge is 0.201 e. The van der Waals surface area contributed by atoms with Crippen molar-refractivity contribution < 1.29 is 0 Å². The molecule has 0 atom stereocenters. The summed E-state index contributed by atoms with van der Waals surface area (Å²) in [6, 6.07) is 3.76. The minimum Gasteiger partial charge on any atom is -0.253 e. The van der Waals surface area contributed by atoms with Crippen LogP contribution in [0.25, 0.3) is 16.8 Å². The Morgan fingerprint density at radius 1 is 1.40 bits per heavy atom. The first kappa shape index (κ1) is 8.49. The van der Waals surface area contributed by atoms with Gasteiger partial charge in [0.05, 0.1) is 0 Å². The normalized spacial score (nSPS) is 11.3. The lowest BCUT2D eigenvalue weighted by molar-refractivity contribution is 0.896. The van der Waals surface area contributed by atoms with Crippen LogP contribution in [0, 0.1) is 11.7 Å². The van der Waals surface area contributed by atoms with Crippen LogP contribution in [0.1, 0.15) is 5.69 Å². The molecule has 15 heavy (non-hydrogen) atoms. The molecule has 0 fully saturated rings. The summed E-state index contributed by atoms with van der Waals surface area (Å²) in [5, 5.41) is 6.83. The number of H-pyrrole nitrogens is 1. The van der Waals surface area contributed by atoms with Gasteiger partial charge in [0.25, 0.3) is 0 Å². The summed E-state index contributed by atoms with van der Waals surface area (Å²) < 4.78 is 2.31. The van der Waals surface area contributed by atoms with Gasteiger partial charge >= 0.3 is 0 Å². The number of pyridine rings is 1. The van der Waals surface area contributed by atoms with Gasteiger partial charge in [0.2, 0.25) is 4.77 Å². The van der Waals surface area contributed by atoms with Crippen LogP contribution in [0.5, 0.6) is 0 Å². The quantitative estimate of drug-likeness (QED) is 0.581. The van der Waals surface area contributed by atoms with Crippen LogP contribution >= 0.6 is 12.2 Å². The fraction of sp³-hybridized carbons (Fsp3) is 0.111. The lowest BCUT2D eigenvalue weighted by Crippen LogP contribution is -1.97. The molecule has 0 saturated carbocycles. The Labute approximate surface area is 89.8 Å². The predicted molar refractivity (Wildman–Crippen MR) is 58.2 cm³/mol. The highest BCUT2D eigenvalue weighted by molar-refractivity contribution is 7.71. The van der Waals surface area contributed by atoms with Gasteiger partial charge in [0.15, 0.2) is 11.3 Å². The maximum atomic E-state index is 5.16. The molecule has 0 spiro atoms. The second-order valence-electron chi connectivity index (χ2n) is 3.23. The zero-order valence-electron chi connectivity index (χ0n) is 7.93. The first-order valence-corrected chi connectivity index (χ1v) is 4.86. The second kappa shape index (κ2) is 2.83. The SMILES string of the molecule is Cc1n[nH]c(=S)n2c1nc1cccnc12. The van der Waals surface area contributed by atoms with Gasteiger partial charge in [0.1, 0.15) is 11.2 Å². The molecule has 3 rings (SSSR count). The van der Waals surface area contributed by atoms with E-state index in [1.807, 2.05) is 19.1 Å². The molecule has 0 aliphatic heterocycles. The van der Waals surface area contributed by atoms with Crippen LogP contribution in [0.3, 0.4) is 0 Å². The number of imidazole rings is 1. The van der Waals surface area contributed by atoms with Crippen molar-refractivity contribution in [2.75, 3.05) is 0 Å². The Morgan fingerprint density at radius 3 is 3.13 bits per heavy atom. The molecule has 0 unspecified atom stereocenters. The Morgan fingerprint density at radius 2 is 2.27 bits per heavy atom. The Balaban J connectivity index is 2.72. The van der Waals surface area contributed by atoms with E-state index in [2.05, 4.69) is 20.2 Å². The molecule has 0 aliphatic carbocycles. The van der Waals surface area contributed by atoms with E-state index >= 15 is 0 Å². The first-order chi connectivity index (χ1) is 7.27. The molecule has 0 amide bonds. The minimum absolute atomic E-state index is 0.511. The standard InChI is InChI=1S/C9H7N5S/c1-5-7-11-6-3-2-4-10-8(6)14(7)9(15)13-12-5/h2-4H,1H3,(H,13,15). The van der Waals surface area contributed by atoms with E-state index in [-0.39, 0.29) is 0 Å². The fourth-order valence-corrected chi connectivity index (χ4v) is 1.80. The van der Waals surface area contributed by atoms with Gasteiger partial charge in [-0.3, -0.25) is 5.10 Å². The van der Waals surface area contributed by atoms with E-state index in [1.54, 1.807) is 10.6 Å². The van der Waals surface area contributed by atoms with Crippen molar-refractivity contribution in [1.82, 2.24) is 24.6 Å². The topological polar surface area (TPSA) is 58.9 Å². The minimum atomic E-state index is 0.511. The highest BCUT2D eigenvalue weighted by atomic mass is 32.1. The number of hydrogen-bond donors (Lipinski definition) is 1. The van der Waals surface area contributed by atoms with Gasteiger partial charge in [-0.1, -0.05) is 0 Å². The highest BCUT2D eigenvalue weighted by Gasteiger charge is 2.08. The summed E-state index contributed by atoms with van der Waals surface area (Å²) in [4.78, 5) is 8.68. The molecule has 0 aliphatic rings. The molecule has 1 N–H and O–H groups in total. The third kappa shape index (κ3) is 1.08. The van der Waals surface area contributed by atoms with Crippen molar-refractivity contribution >= 4 is 29.0 Å². The lowest BCUT2D eigenvalue weighted by Gasteiger charge is -1.96. The van der Waals surface area contributed by atoms with Gasteiger partial charge in [-0.2, -0.15) is 5.10 Å². The number of hydrogen-bond acceptors (Lipinski definition) is 4. The molecule has 5 nitrogen and oxygen atoms in total. The van der Waals surface area contributed by atoms with Crippen LogP contribution in [0.2, 0.25) is 0 Å². The van der Waals surface area contributed by atoms with Crippen LogP contribution in [-0.2, 0) is 0 Å². The molecule has 0 radical (unpaired) electrons. The lowest BCUT2D eigenvalue weighted by atomic mass is 10.4. The average Bonchev–Trinajstić information content (AvgIpc) is 2.64. The second-order valence-corrected chi connectivity index (χ2v) is 3.62. The van der Waals surface area contributed by atoms with Gasteiger partial charge in [-0.25, -0.2) is 14.4 Å². The predicted octanol–water partition coefficient (Wildman–Crippen LogP) is 1.64. The molecule has 3 heterocycles. The maximum Gasteiger partial charge on any atom is 0.201 e. The number of nitrogens with one attached hydrogen (secondary N) is 1. The van der Waals surface area contributed by atoms with E-state index in [4.69, 9.17) is 12.2 Å². The molecule has 0 bridgehead atoms. The summed E-state index contributed by atoms with van der Waals surface area (Å²) in [6.07, 6.45) is 1.72. The molecule has 3 aromatic rings. The van der Waals surface area contributed by atoms with E-state index in [0.29, 0.717) is 4.77 Å².